The summed E-state index contributed by atoms with van der Waals surface area (Å²) in [5.41, 5.74) is 3.70. The first-order valence-electron chi connectivity index (χ1n) is 5.56. The highest BCUT2D eigenvalue weighted by molar-refractivity contribution is 9.11. The molecule has 0 spiro atoms. The van der Waals surface area contributed by atoms with Crippen LogP contribution in [0.1, 0.15) is 11.3 Å². The van der Waals surface area contributed by atoms with E-state index in [0.717, 1.165) is 22.4 Å². The lowest BCUT2D eigenvalue weighted by Crippen LogP contribution is -2.13. The summed E-state index contributed by atoms with van der Waals surface area (Å²) in [6.07, 6.45) is 1.01. The summed E-state index contributed by atoms with van der Waals surface area (Å²) in [4.78, 5) is 1.22. The zero-order chi connectivity index (χ0) is 12.4. The molecule has 2 aromatic rings. The lowest BCUT2D eigenvalue weighted by molar-refractivity contribution is 0.680. The van der Waals surface area contributed by atoms with Gasteiger partial charge in [-0.3, -0.25) is 4.68 Å². The smallest absolute Gasteiger partial charge is 0.105 e. The second-order valence-electron chi connectivity index (χ2n) is 4.00. The van der Waals surface area contributed by atoms with E-state index in [1.165, 1.54) is 16.1 Å². The molecule has 0 aromatic carbocycles. The van der Waals surface area contributed by atoms with Crippen molar-refractivity contribution in [3.63, 3.8) is 0 Å². The zero-order valence-corrected chi connectivity index (χ0v) is 12.7. The Labute approximate surface area is 114 Å². The number of hydrogen-bond donors (Lipinski definition) is 1. The number of nitrogens with one attached hydrogen (secondary N) is 1. The van der Waals surface area contributed by atoms with Gasteiger partial charge >= 0.3 is 0 Å². The molecule has 2 aromatic heterocycles. The Kier molecular flexibility index (Phi) is 4.01. The summed E-state index contributed by atoms with van der Waals surface area (Å²) in [5.74, 6) is 0. The maximum atomic E-state index is 4.63. The highest BCUT2D eigenvalue weighted by atomic mass is 79.9. The van der Waals surface area contributed by atoms with Crippen LogP contribution in [-0.4, -0.2) is 23.4 Å². The number of likely N-dealkylation sites (N-methyl/N-ethyl adjacent to an activating group) is 1. The predicted octanol–water partition coefficient (Wildman–Crippen LogP) is 2.98. The molecule has 0 aliphatic carbocycles. The van der Waals surface area contributed by atoms with Crippen LogP contribution in [0.15, 0.2) is 15.9 Å². The lowest BCUT2D eigenvalue weighted by Gasteiger charge is -2.02. The summed E-state index contributed by atoms with van der Waals surface area (Å²) in [5, 5.41) is 7.80. The van der Waals surface area contributed by atoms with Crippen LogP contribution in [-0.2, 0) is 13.5 Å². The van der Waals surface area contributed by atoms with Crippen LogP contribution in [0, 0.1) is 6.92 Å². The third kappa shape index (κ3) is 2.61. The second-order valence-corrected chi connectivity index (χ2v) is 6.46. The van der Waals surface area contributed by atoms with Gasteiger partial charge in [0, 0.05) is 25.7 Å². The monoisotopic (exact) mass is 313 g/mol. The molecule has 3 nitrogen and oxygen atoms in total. The summed E-state index contributed by atoms with van der Waals surface area (Å²) in [6.45, 7) is 3.13. The van der Waals surface area contributed by atoms with Crippen LogP contribution >= 0.6 is 27.3 Å². The van der Waals surface area contributed by atoms with Gasteiger partial charge in [-0.25, -0.2) is 0 Å². The number of nitrogens with zero attached hydrogens (tertiary/aromatic N) is 2. The third-order valence-corrected chi connectivity index (χ3v) is 4.48. The van der Waals surface area contributed by atoms with Gasteiger partial charge in [-0.05, 0) is 47.6 Å². The van der Waals surface area contributed by atoms with E-state index >= 15 is 0 Å². The van der Waals surface area contributed by atoms with Crippen molar-refractivity contribution in [2.24, 2.45) is 7.05 Å². The van der Waals surface area contributed by atoms with Crippen molar-refractivity contribution in [3.8, 4) is 10.6 Å². The molecule has 5 heteroatoms. The van der Waals surface area contributed by atoms with Gasteiger partial charge in [0.25, 0.3) is 0 Å². The first kappa shape index (κ1) is 12.8. The SMILES string of the molecule is CNCCc1c(C)c(-c2ccc(Br)s2)nn1C. The fraction of sp³-hybridized carbons (Fsp3) is 0.417. The molecule has 0 aliphatic heterocycles. The maximum Gasteiger partial charge on any atom is 0.105 e. The lowest BCUT2D eigenvalue weighted by atomic mass is 10.1. The molecule has 17 heavy (non-hydrogen) atoms. The zero-order valence-electron chi connectivity index (χ0n) is 10.2. The van der Waals surface area contributed by atoms with Gasteiger partial charge in [0.15, 0.2) is 0 Å². The topological polar surface area (TPSA) is 29.9 Å². The molecule has 0 bridgehead atoms. The minimum Gasteiger partial charge on any atom is -0.319 e. The van der Waals surface area contributed by atoms with Gasteiger partial charge in [-0.15, -0.1) is 11.3 Å². The van der Waals surface area contributed by atoms with Crippen molar-refractivity contribution in [2.45, 2.75) is 13.3 Å². The van der Waals surface area contributed by atoms with Crippen LogP contribution in [0.2, 0.25) is 0 Å². The molecule has 0 aliphatic rings. The Morgan fingerprint density at radius 1 is 1.47 bits per heavy atom. The van der Waals surface area contributed by atoms with Crippen molar-refractivity contribution < 1.29 is 0 Å². The van der Waals surface area contributed by atoms with Gasteiger partial charge in [-0.2, -0.15) is 5.10 Å². The van der Waals surface area contributed by atoms with Crippen molar-refractivity contribution >= 4 is 27.3 Å². The van der Waals surface area contributed by atoms with E-state index in [1.807, 2.05) is 18.8 Å². The fourth-order valence-corrected chi connectivity index (χ4v) is 3.36. The molecule has 2 heterocycles. The van der Waals surface area contributed by atoms with Crippen LogP contribution < -0.4 is 5.32 Å². The number of aryl methyl sites for hydroxylation is 1. The van der Waals surface area contributed by atoms with E-state index < -0.39 is 0 Å². The first-order valence-corrected chi connectivity index (χ1v) is 7.17. The molecule has 0 unspecified atom stereocenters. The highest BCUT2D eigenvalue weighted by Gasteiger charge is 2.14. The van der Waals surface area contributed by atoms with Gasteiger partial charge in [0.05, 0.1) is 8.66 Å². The van der Waals surface area contributed by atoms with Gasteiger partial charge in [-0.1, -0.05) is 0 Å². The summed E-state index contributed by atoms with van der Waals surface area (Å²) >= 11 is 5.22. The number of rotatable bonds is 4. The summed E-state index contributed by atoms with van der Waals surface area (Å²) in [7, 11) is 3.99. The van der Waals surface area contributed by atoms with Gasteiger partial charge in [0.1, 0.15) is 5.69 Å². The highest BCUT2D eigenvalue weighted by Crippen LogP contribution is 2.33. The maximum absolute atomic E-state index is 4.63. The van der Waals surface area contributed by atoms with Crippen LogP contribution in [0.4, 0.5) is 0 Å². The van der Waals surface area contributed by atoms with Gasteiger partial charge in [0.2, 0.25) is 0 Å². The molecule has 0 saturated carbocycles. The Hall–Kier alpha value is -0.650. The summed E-state index contributed by atoms with van der Waals surface area (Å²) < 4.78 is 3.14. The Balaban J connectivity index is 2.36. The molecule has 0 atom stereocenters. The van der Waals surface area contributed by atoms with Crippen molar-refractivity contribution in [3.05, 3.63) is 27.2 Å². The van der Waals surface area contributed by atoms with Crippen molar-refractivity contribution in [2.75, 3.05) is 13.6 Å². The van der Waals surface area contributed by atoms with E-state index in [4.69, 9.17) is 0 Å². The van der Waals surface area contributed by atoms with E-state index in [2.05, 4.69) is 45.4 Å². The third-order valence-electron chi connectivity index (χ3n) is 2.85. The minimum atomic E-state index is 0.980. The number of hydrogen-bond acceptors (Lipinski definition) is 3. The number of halogens is 1. The normalized spacial score (nSPS) is 11.1. The van der Waals surface area contributed by atoms with Crippen LogP contribution in [0.25, 0.3) is 10.6 Å². The Morgan fingerprint density at radius 2 is 2.24 bits per heavy atom. The van der Waals surface area contributed by atoms with Crippen molar-refractivity contribution in [1.82, 2.24) is 15.1 Å². The average molecular weight is 314 g/mol. The molecule has 0 radical (unpaired) electrons. The summed E-state index contributed by atoms with van der Waals surface area (Å²) in [6, 6.07) is 4.19. The van der Waals surface area contributed by atoms with E-state index in [-0.39, 0.29) is 0 Å². The average Bonchev–Trinajstić information content (AvgIpc) is 2.82. The Bertz CT molecular complexity index is 516. The Morgan fingerprint density at radius 3 is 2.82 bits per heavy atom. The number of aromatic nitrogens is 2. The molecule has 2 rings (SSSR count). The molecular formula is C12H16BrN3S. The molecule has 1 N–H and O–H groups in total. The van der Waals surface area contributed by atoms with E-state index in [9.17, 15) is 0 Å². The number of thiophene rings is 1. The minimum absolute atomic E-state index is 0.980. The van der Waals surface area contributed by atoms with Gasteiger partial charge < -0.3 is 5.32 Å². The molecule has 0 fully saturated rings. The predicted molar refractivity (Wildman–Crippen MR) is 76.6 cm³/mol. The van der Waals surface area contributed by atoms with Crippen LogP contribution in [0.3, 0.4) is 0 Å². The largest absolute Gasteiger partial charge is 0.319 e. The van der Waals surface area contributed by atoms with E-state index in [1.54, 1.807) is 11.3 Å². The first-order chi connectivity index (χ1) is 8.13. The molecular weight excluding hydrogens is 298 g/mol. The van der Waals surface area contributed by atoms with E-state index in [0.29, 0.717) is 0 Å². The molecule has 0 saturated heterocycles. The molecule has 92 valence electrons. The quantitative estimate of drug-likeness (QED) is 0.940. The van der Waals surface area contributed by atoms with Crippen LogP contribution in [0.5, 0.6) is 0 Å². The van der Waals surface area contributed by atoms with Crippen molar-refractivity contribution in [1.29, 1.82) is 0 Å². The standard InChI is InChI=1S/C12H16BrN3S/c1-8-9(6-7-14-2)16(3)15-12(8)10-4-5-11(13)17-10/h4-5,14H,6-7H2,1-3H3. The second kappa shape index (κ2) is 5.33. The molecule has 0 amide bonds. The fourth-order valence-electron chi connectivity index (χ4n) is 1.93.